The lowest BCUT2D eigenvalue weighted by Crippen LogP contribution is -2.63. The van der Waals surface area contributed by atoms with E-state index < -0.39 is 0 Å². The summed E-state index contributed by atoms with van der Waals surface area (Å²) < 4.78 is 0. The first kappa shape index (κ1) is 6.89. The molecule has 2 heteroatoms. The second-order valence-electron chi connectivity index (χ2n) is 3.29. The van der Waals surface area contributed by atoms with Crippen LogP contribution in [0.3, 0.4) is 0 Å². The average molecular weight is 151 g/mol. The topological polar surface area (TPSA) is 20.3 Å². The summed E-state index contributed by atoms with van der Waals surface area (Å²) in [4.78, 5) is 13.2. The fourth-order valence-corrected chi connectivity index (χ4v) is 1.69. The zero-order valence-electron chi connectivity index (χ0n) is 6.79. The molecule has 1 fully saturated rings. The Bertz CT molecular complexity index is 210. The molecule has 1 saturated heterocycles. The zero-order chi connectivity index (χ0) is 7.84. The molecule has 0 N–H and O–H groups in total. The van der Waals surface area contributed by atoms with Crippen LogP contribution in [-0.2, 0) is 4.79 Å². The number of carbonyl (C=O) groups excluding carboxylic acids is 1. The molecule has 0 spiro atoms. The molecule has 1 amide bonds. The van der Waals surface area contributed by atoms with Crippen LogP contribution in [-0.4, -0.2) is 23.4 Å². The average Bonchev–Trinajstić information content (AvgIpc) is 1.95. The summed E-state index contributed by atoms with van der Waals surface area (Å²) in [6.07, 6.45) is 6.45. The number of unbranched alkanes of at least 4 members (excludes halogenated alkanes) is 1. The van der Waals surface area contributed by atoms with Gasteiger partial charge in [-0.05, 0) is 6.42 Å². The maximum Gasteiger partial charge on any atom is 0.232 e. The molecule has 2 nitrogen and oxygen atoms in total. The quantitative estimate of drug-likeness (QED) is 0.438. The van der Waals surface area contributed by atoms with E-state index in [9.17, 15) is 4.79 Å². The Morgan fingerprint density at radius 2 is 2.36 bits per heavy atom. The molecular weight excluding hydrogens is 138 g/mol. The third kappa shape index (κ3) is 0.817. The van der Waals surface area contributed by atoms with Crippen molar-refractivity contribution in [1.29, 1.82) is 0 Å². The van der Waals surface area contributed by atoms with E-state index in [1.165, 1.54) is 6.42 Å². The molecule has 1 aliphatic heterocycles. The largest absolute Gasteiger partial charge is 0.335 e. The summed E-state index contributed by atoms with van der Waals surface area (Å²) in [5, 5.41) is 0. The van der Waals surface area contributed by atoms with Crippen LogP contribution in [0.4, 0.5) is 0 Å². The van der Waals surface area contributed by atoms with Gasteiger partial charge in [-0.15, -0.1) is 0 Å². The van der Waals surface area contributed by atoms with Gasteiger partial charge in [0.25, 0.3) is 0 Å². The lowest BCUT2D eigenvalue weighted by atomic mass is 9.78. The normalized spacial score (nSPS) is 32.8. The van der Waals surface area contributed by atoms with E-state index in [2.05, 4.69) is 13.0 Å². The van der Waals surface area contributed by atoms with Crippen LogP contribution < -0.4 is 0 Å². The SMILES string of the molecule is CCCCN1C(=O)[C@H]2C=C[C@H]21. The molecule has 2 atom stereocenters. The molecule has 2 aliphatic rings. The lowest BCUT2D eigenvalue weighted by molar-refractivity contribution is -0.151. The molecule has 0 aromatic rings. The molecule has 11 heavy (non-hydrogen) atoms. The molecule has 0 aromatic carbocycles. The minimum absolute atomic E-state index is 0.270. The lowest BCUT2D eigenvalue weighted by Gasteiger charge is -2.49. The van der Waals surface area contributed by atoms with Gasteiger partial charge >= 0.3 is 0 Å². The third-order valence-electron chi connectivity index (χ3n) is 2.56. The number of nitrogens with zero attached hydrogens (tertiary/aromatic N) is 1. The minimum atomic E-state index is 0.270. The number of amides is 1. The number of likely N-dealkylation sites (tertiary alicyclic amines) is 1. The van der Waals surface area contributed by atoms with Crippen molar-refractivity contribution in [3.63, 3.8) is 0 Å². The van der Waals surface area contributed by atoms with Crippen LogP contribution in [0.15, 0.2) is 12.2 Å². The molecule has 0 radical (unpaired) electrons. The van der Waals surface area contributed by atoms with E-state index >= 15 is 0 Å². The van der Waals surface area contributed by atoms with Gasteiger partial charge in [-0.1, -0.05) is 25.5 Å². The number of hydrogen-bond donors (Lipinski definition) is 0. The zero-order valence-corrected chi connectivity index (χ0v) is 6.79. The van der Waals surface area contributed by atoms with Crippen molar-refractivity contribution >= 4 is 5.91 Å². The Balaban J connectivity index is 1.87. The van der Waals surface area contributed by atoms with Crippen LogP contribution in [0.2, 0.25) is 0 Å². The van der Waals surface area contributed by atoms with Crippen molar-refractivity contribution in [2.45, 2.75) is 25.8 Å². The highest BCUT2D eigenvalue weighted by Gasteiger charge is 2.48. The Morgan fingerprint density at radius 1 is 1.55 bits per heavy atom. The van der Waals surface area contributed by atoms with Gasteiger partial charge in [-0.3, -0.25) is 4.79 Å². The first-order valence-corrected chi connectivity index (χ1v) is 4.33. The summed E-state index contributed by atoms with van der Waals surface area (Å²) in [6.45, 7) is 3.11. The third-order valence-corrected chi connectivity index (χ3v) is 2.56. The molecular formula is C9H13NO. The summed E-state index contributed by atoms with van der Waals surface area (Å²) >= 11 is 0. The first-order chi connectivity index (χ1) is 5.34. The van der Waals surface area contributed by atoms with E-state index in [0.29, 0.717) is 11.9 Å². The molecule has 0 aromatic heterocycles. The van der Waals surface area contributed by atoms with E-state index in [4.69, 9.17) is 0 Å². The number of carbonyl (C=O) groups is 1. The summed E-state index contributed by atoms with van der Waals surface area (Å²) in [7, 11) is 0. The van der Waals surface area contributed by atoms with Crippen LogP contribution >= 0.6 is 0 Å². The Hall–Kier alpha value is -0.790. The number of fused-ring (bicyclic) bond motifs is 1. The van der Waals surface area contributed by atoms with Crippen molar-refractivity contribution in [3.05, 3.63) is 12.2 Å². The van der Waals surface area contributed by atoms with Gasteiger partial charge in [-0.25, -0.2) is 0 Å². The first-order valence-electron chi connectivity index (χ1n) is 4.33. The van der Waals surface area contributed by atoms with Crippen LogP contribution in [0.1, 0.15) is 19.8 Å². The van der Waals surface area contributed by atoms with Crippen molar-refractivity contribution in [1.82, 2.24) is 4.90 Å². The summed E-state index contributed by atoms with van der Waals surface area (Å²) in [5.74, 6) is 0.609. The Kier molecular flexibility index (Phi) is 1.48. The van der Waals surface area contributed by atoms with Crippen LogP contribution in [0.5, 0.6) is 0 Å². The van der Waals surface area contributed by atoms with Crippen molar-refractivity contribution in [2.24, 2.45) is 5.92 Å². The van der Waals surface area contributed by atoms with Crippen LogP contribution in [0, 0.1) is 5.92 Å². The van der Waals surface area contributed by atoms with Crippen molar-refractivity contribution in [3.8, 4) is 0 Å². The van der Waals surface area contributed by atoms with Crippen molar-refractivity contribution < 1.29 is 4.79 Å². The van der Waals surface area contributed by atoms with Crippen LogP contribution in [0.25, 0.3) is 0 Å². The Labute approximate surface area is 66.9 Å². The molecule has 2 rings (SSSR count). The number of rotatable bonds is 3. The molecule has 1 aliphatic carbocycles. The predicted octanol–water partition coefficient (Wildman–Crippen LogP) is 1.18. The molecule has 0 saturated carbocycles. The molecule has 0 bridgehead atoms. The fourth-order valence-electron chi connectivity index (χ4n) is 1.69. The standard InChI is InChI=1S/C9H13NO/c1-2-3-6-10-8-5-4-7(8)9(10)11/h4-5,7-8H,2-3,6H2,1H3/t7-,8+/m0/s1. The fraction of sp³-hybridized carbons (Fsp3) is 0.667. The minimum Gasteiger partial charge on any atom is -0.335 e. The maximum atomic E-state index is 11.2. The van der Waals surface area contributed by atoms with Gasteiger partial charge in [0.05, 0.1) is 12.0 Å². The van der Waals surface area contributed by atoms with E-state index in [1.807, 2.05) is 11.0 Å². The van der Waals surface area contributed by atoms with Gasteiger partial charge in [-0.2, -0.15) is 0 Å². The Morgan fingerprint density at radius 3 is 2.82 bits per heavy atom. The molecule has 60 valence electrons. The summed E-state index contributed by atoms with van der Waals surface area (Å²) in [5.41, 5.74) is 0. The second kappa shape index (κ2) is 2.36. The van der Waals surface area contributed by atoms with Gasteiger partial charge in [0.15, 0.2) is 0 Å². The molecule has 0 unspecified atom stereocenters. The summed E-state index contributed by atoms with van der Waals surface area (Å²) in [6, 6.07) is 0.481. The number of β-lactam (4-membered cyclic amide) rings is 1. The second-order valence-corrected chi connectivity index (χ2v) is 3.29. The van der Waals surface area contributed by atoms with E-state index in [-0.39, 0.29) is 5.92 Å². The highest BCUT2D eigenvalue weighted by Crippen LogP contribution is 2.35. The monoisotopic (exact) mass is 151 g/mol. The van der Waals surface area contributed by atoms with Gasteiger partial charge in [0.2, 0.25) is 5.91 Å². The van der Waals surface area contributed by atoms with Gasteiger partial charge in [0.1, 0.15) is 0 Å². The highest BCUT2D eigenvalue weighted by atomic mass is 16.2. The molecule has 1 heterocycles. The smallest absolute Gasteiger partial charge is 0.232 e. The predicted molar refractivity (Wildman–Crippen MR) is 43.0 cm³/mol. The highest BCUT2D eigenvalue weighted by molar-refractivity contribution is 5.90. The van der Waals surface area contributed by atoms with E-state index in [1.54, 1.807) is 0 Å². The van der Waals surface area contributed by atoms with Gasteiger partial charge < -0.3 is 4.90 Å². The van der Waals surface area contributed by atoms with Crippen molar-refractivity contribution in [2.75, 3.05) is 6.54 Å². The van der Waals surface area contributed by atoms with E-state index in [0.717, 1.165) is 13.0 Å². The number of hydrogen-bond acceptors (Lipinski definition) is 1. The maximum absolute atomic E-state index is 11.2. The van der Waals surface area contributed by atoms with Gasteiger partial charge in [0, 0.05) is 6.54 Å².